The van der Waals surface area contributed by atoms with Crippen LogP contribution in [0.1, 0.15) is 58.8 Å². The van der Waals surface area contributed by atoms with Gasteiger partial charge in [-0.05, 0) is 38.0 Å². The first kappa shape index (κ1) is 47.4. The number of aliphatic imine (C=N–C) groups is 1. The van der Waals surface area contributed by atoms with Gasteiger partial charge in [-0.2, -0.15) is 0 Å². The largest absolute Gasteiger partial charge is 0.481 e. The second kappa shape index (κ2) is 23.2. The van der Waals surface area contributed by atoms with Crippen molar-refractivity contribution in [2.45, 2.75) is 101 Å². The molecule has 0 aromatic rings. The molecule has 0 bridgehead atoms. The summed E-state index contributed by atoms with van der Waals surface area (Å²) < 4.78 is 0. The Labute approximate surface area is 315 Å². The Morgan fingerprint density at radius 1 is 0.745 bits per heavy atom. The Balaban J connectivity index is 3.29. The summed E-state index contributed by atoms with van der Waals surface area (Å²) in [4.78, 5) is 119. The number of hydrogen-bond donors (Lipinski definition) is 13. The van der Waals surface area contributed by atoms with E-state index in [1.165, 1.54) is 4.90 Å². The normalized spacial score (nSPS) is 17.0. The monoisotopic (exact) mass is 787 g/mol. The number of aliphatic hydroxyl groups excluding tert-OH is 2. The SMILES string of the molecule is CC(C)C[C@H](NC(=O)[C@@H](N)CO)C(=O)N1CCC[C@H]1C(=O)N[C@@H](CCCN=C(N)N)C(=O)N[C@@H](CC(N)=O)C(=O)N[C@@H](CO)C(=O)N[C@@H](CC(=O)O)C(=O)O. The van der Waals surface area contributed by atoms with Gasteiger partial charge in [0.25, 0.3) is 0 Å². The average molecular weight is 788 g/mol. The zero-order chi connectivity index (χ0) is 42.0. The molecule has 0 spiro atoms. The minimum Gasteiger partial charge on any atom is -0.481 e. The highest BCUT2D eigenvalue weighted by atomic mass is 16.4. The molecule has 310 valence electrons. The number of hydrogen-bond acceptors (Lipinski definition) is 13. The van der Waals surface area contributed by atoms with Gasteiger partial charge >= 0.3 is 11.9 Å². The molecule has 0 aliphatic carbocycles. The third-order valence-electron chi connectivity index (χ3n) is 8.12. The van der Waals surface area contributed by atoms with Crippen LogP contribution >= 0.6 is 0 Å². The fraction of sp³-hybridized carbons (Fsp3) is 0.677. The molecule has 7 atom stereocenters. The van der Waals surface area contributed by atoms with Gasteiger partial charge in [0.1, 0.15) is 42.3 Å². The Kier molecular flexibility index (Phi) is 20.0. The predicted octanol–water partition coefficient (Wildman–Crippen LogP) is -6.75. The number of nitrogens with zero attached hydrogens (tertiary/aromatic N) is 2. The van der Waals surface area contributed by atoms with Gasteiger partial charge in [0, 0.05) is 13.1 Å². The first-order chi connectivity index (χ1) is 25.7. The summed E-state index contributed by atoms with van der Waals surface area (Å²) in [7, 11) is 0. The summed E-state index contributed by atoms with van der Waals surface area (Å²) in [6.45, 7) is 1.94. The van der Waals surface area contributed by atoms with Gasteiger partial charge in [-0.1, -0.05) is 13.8 Å². The van der Waals surface area contributed by atoms with Crippen LogP contribution < -0.4 is 49.5 Å². The number of carboxylic acids is 2. The van der Waals surface area contributed by atoms with Crippen molar-refractivity contribution in [3.63, 3.8) is 0 Å². The fourth-order valence-corrected chi connectivity index (χ4v) is 5.39. The number of amides is 7. The molecule has 1 aliphatic heterocycles. The maximum Gasteiger partial charge on any atom is 0.326 e. The molecular formula is C31H53N11O13. The smallest absolute Gasteiger partial charge is 0.326 e. The molecule has 24 heteroatoms. The van der Waals surface area contributed by atoms with Crippen LogP contribution in [0.4, 0.5) is 0 Å². The van der Waals surface area contributed by atoms with E-state index in [9.17, 15) is 58.5 Å². The van der Waals surface area contributed by atoms with Crippen LogP contribution in [0.3, 0.4) is 0 Å². The molecule has 1 saturated heterocycles. The molecule has 0 saturated carbocycles. The Hall–Kier alpha value is -5.62. The van der Waals surface area contributed by atoms with Crippen LogP contribution in [0.15, 0.2) is 4.99 Å². The zero-order valence-electron chi connectivity index (χ0n) is 30.6. The van der Waals surface area contributed by atoms with Crippen molar-refractivity contribution in [1.29, 1.82) is 0 Å². The van der Waals surface area contributed by atoms with Gasteiger partial charge in [0.05, 0.1) is 26.1 Å². The average Bonchev–Trinajstić information content (AvgIpc) is 3.59. The standard InChI is InChI=1S/C31H53N11O13/c1-14(2)9-18(39-24(48)15(32)12-43)29(53)42-8-4-6-21(42)28(52)37-16(5-3-7-36-31(34)35)25(49)38-17(10-22(33)45)26(50)41-20(13-44)27(51)40-19(30(54)55)11-23(46)47/h14-21,43-44H,3-13,32H2,1-2H3,(H2,33,45)(H,37,52)(H,38,49)(H,39,48)(H,40,51)(H,41,50)(H,46,47)(H,54,55)(H4,34,35,36)/t15-,16-,17-,18-,19-,20-,21-/m0/s1. The van der Waals surface area contributed by atoms with E-state index in [4.69, 9.17) is 28.0 Å². The number of guanidine groups is 1. The van der Waals surface area contributed by atoms with Gasteiger partial charge in [-0.15, -0.1) is 0 Å². The van der Waals surface area contributed by atoms with E-state index in [-0.39, 0.29) is 50.7 Å². The molecule has 0 aromatic carbocycles. The summed E-state index contributed by atoms with van der Waals surface area (Å²) >= 11 is 0. The first-order valence-corrected chi connectivity index (χ1v) is 17.3. The van der Waals surface area contributed by atoms with Crippen LogP contribution in [0.2, 0.25) is 0 Å². The second-order valence-corrected chi connectivity index (χ2v) is 13.2. The number of primary amides is 1. The molecule has 0 radical (unpaired) electrons. The maximum atomic E-state index is 13.7. The predicted molar refractivity (Wildman–Crippen MR) is 190 cm³/mol. The molecule has 1 aliphatic rings. The molecule has 1 heterocycles. The number of carbonyl (C=O) groups excluding carboxylic acids is 7. The van der Waals surface area contributed by atoms with Gasteiger partial charge in [0.15, 0.2) is 5.96 Å². The first-order valence-electron chi connectivity index (χ1n) is 17.3. The molecule has 17 N–H and O–H groups in total. The lowest BCUT2D eigenvalue weighted by Crippen LogP contribution is -2.60. The van der Waals surface area contributed by atoms with E-state index in [0.717, 1.165) is 0 Å². The Morgan fingerprint density at radius 2 is 1.31 bits per heavy atom. The topological polar surface area (TPSA) is 414 Å². The number of aliphatic carboxylic acids is 2. The maximum absolute atomic E-state index is 13.7. The molecule has 24 nitrogen and oxygen atoms in total. The van der Waals surface area contributed by atoms with Crippen molar-refractivity contribution in [2.24, 2.45) is 33.8 Å². The lowest BCUT2D eigenvalue weighted by Gasteiger charge is -2.31. The number of nitrogens with two attached hydrogens (primary N) is 4. The third-order valence-corrected chi connectivity index (χ3v) is 8.12. The van der Waals surface area contributed by atoms with Crippen LogP contribution in [-0.4, -0.2) is 153 Å². The number of nitrogens with one attached hydrogen (secondary N) is 5. The number of carboxylic acid groups (broad SMARTS) is 2. The van der Waals surface area contributed by atoms with Crippen molar-refractivity contribution in [2.75, 3.05) is 26.3 Å². The van der Waals surface area contributed by atoms with E-state index in [1.54, 1.807) is 13.8 Å². The second-order valence-electron chi connectivity index (χ2n) is 13.2. The van der Waals surface area contributed by atoms with Crippen molar-refractivity contribution in [3.05, 3.63) is 0 Å². The van der Waals surface area contributed by atoms with Crippen molar-refractivity contribution in [1.82, 2.24) is 31.5 Å². The molecule has 7 amide bonds. The number of aliphatic hydroxyl groups is 2. The molecule has 1 rings (SSSR count). The molecular weight excluding hydrogens is 734 g/mol. The van der Waals surface area contributed by atoms with Gasteiger partial charge in [-0.3, -0.25) is 43.3 Å². The van der Waals surface area contributed by atoms with E-state index in [0.29, 0.717) is 6.42 Å². The molecule has 0 unspecified atom stereocenters. The summed E-state index contributed by atoms with van der Waals surface area (Å²) in [5.74, 6) is -10.5. The summed E-state index contributed by atoms with van der Waals surface area (Å²) in [6.07, 6.45) is -1.21. The summed E-state index contributed by atoms with van der Waals surface area (Å²) in [6, 6.07) is -10.6. The number of likely N-dealkylation sites (tertiary alicyclic amines) is 1. The van der Waals surface area contributed by atoms with Crippen molar-refractivity contribution < 1.29 is 63.6 Å². The van der Waals surface area contributed by atoms with Crippen molar-refractivity contribution >= 4 is 59.2 Å². The lowest BCUT2D eigenvalue weighted by atomic mass is 10.0. The minimum absolute atomic E-state index is 0.000286. The van der Waals surface area contributed by atoms with Gasteiger partial charge < -0.3 is 74.8 Å². The summed E-state index contributed by atoms with van der Waals surface area (Å²) in [5, 5.41) is 48.4. The van der Waals surface area contributed by atoms with E-state index >= 15 is 0 Å². The highest BCUT2D eigenvalue weighted by Gasteiger charge is 2.40. The van der Waals surface area contributed by atoms with E-state index in [1.807, 2.05) is 10.6 Å². The number of carbonyl (C=O) groups is 9. The van der Waals surface area contributed by atoms with Gasteiger partial charge in [0.2, 0.25) is 41.4 Å². The lowest BCUT2D eigenvalue weighted by molar-refractivity contribution is -0.147. The van der Waals surface area contributed by atoms with Crippen molar-refractivity contribution in [3.8, 4) is 0 Å². The Bertz CT molecular complexity index is 1440. The van der Waals surface area contributed by atoms with Gasteiger partial charge in [-0.25, -0.2) is 4.79 Å². The number of rotatable bonds is 24. The highest BCUT2D eigenvalue weighted by molar-refractivity contribution is 5.98. The van der Waals surface area contributed by atoms with Crippen LogP contribution in [0.5, 0.6) is 0 Å². The van der Waals surface area contributed by atoms with E-state index in [2.05, 4.69) is 20.9 Å². The van der Waals surface area contributed by atoms with Crippen LogP contribution in [-0.2, 0) is 43.2 Å². The quantitative estimate of drug-likeness (QED) is 0.0246. The molecule has 0 aromatic heterocycles. The fourth-order valence-electron chi connectivity index (χ4n) is 5.39. The highest BCUT2D eigenvalue weighted by Crippen LogP contribution is 2.21. The summed E-state index contributed by atoms with van der Waals surface area (Å²) in [5.41, 5.74) is 21.6. The van der Waals surface area contributed by atoms with E-state index < -0.39 is 122 Å². The third kappa shape index (κ3) is 16.5. The molecule has 55 heavy (non-hydrogen) atoms. The van der Waals surface area contributed by atoms with Crippen LogP contribution in [0, 0.1) is 5.92 Å². The minimum atomic E-state index is -1.93. The Morgan fingerprint density at radius 3 is 1.84 bits per heavy atom. The molecule has 1 fully saturated rings. The zero-order valence-corrected chi connectivity index (χ0v) is 30.6. The van der Waals surface area contributed by atoms with Crippen LogP contribution in [0.25, 0.3) is 0 Å².